The average molecular weight is 392 g/mol. The van der Waals surface area contributed by atoms with Crippen LogP contribution in [0.5, 0.6) is 0 Å². The molecule has 1 fully saturated rings. The largest absolute Gasteiger partial charge is 0.378 e. The number of halogens is 1. The van der Waals surface area contributed by atoms with E-state index in [1.54, 1.807) is 47.4 Å². The van der Waals surface area contributed by atoms with Gasteiger partial charge in [0.05, 0.1) is 30.2 Å². The third-order valence-electron chi connectivity index (χ3n) is 4.77. The number of para-hydroxylation sites is 1. The van der Waals surface area contributed by atoms with Gasteiger partial charge in [-0.1, -0.05) is 12.1 Å². The lowest BCUT2D eigenvalue weighted by atomic mass is 10.2. The molecule has 0 N–H and O–H groups in total. The molecule has 0 spiro atoms. The van der Waals surface area contributed by atoms with Crippen molar-refractivity contribution >= 4 is 18.7 Å². The van der Waals surface area contributed by atoms with Crippen LogP contribution >= 0.6 is 0 Å². The van der Waals surface area contributed by atoms with Gasteiger partial charge in [-0.2, -0.15) is 0 Å². The van der Waals surface area contributed by atoms with Crippen molar-refractivity contribution in [2.24, 2.45) is 4.99 Å². The first kappa shape index (κ1) is 18.9. The second-order valence-corrected chi connectivity index (χ2v) is 6.56. The van der Waals surface area contributed by atoms with E-state index in [9.17, 15) is 4.39 Å². The van der Waals surface area contributed by atoms with Crippen molar-refractivity contribution in [2.45, 2.75) is 6.92 Å². The van der Waals surface area contributed by atoms with Crippen LogP contribution in [0, 0.1) is 12.7 Å². The van der Waals surface area contributed by atoms with Crippen LogP contribution in [0.15, 0.2) is 47.9 Å². The third-order valence-corrected chi connectivity index (χ3v) is 4.77. The number of hydrogen-bond acceptors (Lipinski definition) is 6. The summed E-state index contributed by atoms with van der Waals surface area (Å²) in [5, 5.41) is 0. The number of rotatable bonds is 5. The van der Waals surface area contributed by atoms with E-state index < -0.39 is 0 Å². The summed E-state index contributed by atoms with van der Waals surface area (Å²) in [7, 11) is 0. The Hall–Kier alpha value is -3.39. The summed E-state index contributed by atoms with van der Waals surface area (Å²) in [5.41, 5.74) is 2.56. The number of morpholine rings is 1. The first-order chi connectivity index (χ1) is 14.2. The molecule has 3 aromatic rings. The van der Waals surface area contributed by atoms with E-state index in [2.05, 4.69) is 31.6 Å². The van der Waals surface area contributed by atoms with Gasteiger partial charge < -0.3 is 9.64 Å². The molecule has 4 rings (SSSR count). The summed E-state index contributed by atoms with van der Waals surface area (Å²) in [5.74, 6) is 0.871. The number of benzene rings is 1. The number of nitrogens with zero attached hydrogens (tertiary/aromatic N) is 6. The molecule has 1 aliphatic rings. The Balaban J connectivity index is 1.79. The minimum atomic E-state index is -0.336. The van der Waals surface area contributed by atoms with Gasteiger partial charge in [0.25, 0.3) is 0 Å². The fourth-order valence-electron chi connectivity index (χ4n) is 3.28. The number of aliphatic imine (C=N–C) groups is 1. The number of hydrogen-bond donors (Lipinski definition) is 0. The molecule has 0 aliphatic carbocycles. The fraction of sp³-hybridized carbons (Fsp3) is 0.238. The summed E-state index contributed by atoms with van der Waals surface area (Å²) in [6.45, 7) is 8.17. The van der Waals surface area contributed by atoms with Crippen molar-refractivity contribution < 1.29 is 9.13 Å². The normalized spacial score (nSPS) is 14.5. The van der Waals surface area contributed by atoms with Crippen molar-refractivity contribution in [1.29, 1.82) is 0 Å². The zero-order valence-electron chi connectivity index (χ0n) is 16.1. The number of ether oxygens (including phenoxy) is 1. The van der Waals surface area contributed by atoms with E-state index in [1.165, 1.54) is 6.07 Å². The molecular formula is C21H21FN6O. The SMILES string of the molecule is C=N/C=C\c1nc(-c2cnc(N3CCOCC3)nc2)n(-c2ccccc2F)c1C. The zero-order valence-corrected chi connectivity index (χ0v) is 16.1. The predicted octanol–water partition coefficient (Wildman–Crippen LogP) is 3.28. The molecule has 148 valence electrons. The van der Waals surface area contributed by atoms with Crippen LogP contribution in [-0.2, 0) is 4.74 Å². The maximum Gasteiger partial charge on any atom is 0.225 e. The molecule has 2 aromatic heterocycles. The Labute approximate surface area is 168 Å². The summed E-state index contributed by atoms with van der Waals surface area (Å²) in [4.78, 5) is 19.5. The van der Waals surface area contributed by atoms with Crippen LogP contribution < -0.4 is 4.90 Å². The lowest BCUT2D eigenvalue weighted by Crippen LogP contribution is -2.37. The van der Waals surface area contributed by atoms with E-state index >= 15 is 0 Å². The predicted molar refractivity (Wildman–Crippen MR) is 111 cm³/mol. The van der Waals surface area contributed by atoms with E-state index in [1.807, 2.05) is 6.92 Å². The van der Waals surface area contributed by atoms with Crippen LogP contribution in [0.4, 0.5) is 10.3 Å². The van der Waals surface area contributed by atoms with Crippen LogP contribution in [-0.4, -0.2) is 52.5 Å². The Kier molecular flexibility index (Phi) is 5.44. The highest BCUT2D eigenvalue weighted by molar-refractivity contribution is 5.64. The Bertz CT molecular complexity index is 1040. The second kappa shape index (κ2) is 8.32. The van der Waals surface area contributed by atoms with Gasteiger partial charge in [0.15, 0.2) is 0 Å². The van der Waals surface area contributed by atoms with Crippen LogP contribution in [0.3, 0.4) is 0 Å². The van der Waals surface area contributed by atoms with Gasteiger partial charge in [-0.05, 0) is 31.9 Å². The zero-order chi connectivity index (χ0) is 20.2. The van der Waals surface area contributed by atoms with E-state index in [0.717, 1.165) is 18.8 Å². The fourth-order valence-corrected chi connectivity index (χ4v) is 3.28. The van der Waals surface area contributed by atoms with Gasteiger partial charge in [0, 0.05) is 37.4 Å². The Morgan fingerprint density at radius 2 is 1.90 bits per heavy atom. The molecule has 8 heteroatoms. The monoisotopic (exact) mass is 392 g/mol. The van der Waals surface area contributed by atoms with Crippen molar-refractivity contribution in [2.75, 3.05) is 31.2 Å². The van der Waals surface area contributed by atoms with E-state index in [0.29, 0.717) is 41.9 Å². The summed E-state index contributed by atoms with van der Waals surface area (Å²) in [6, 6.07) is 6.60. The average Bonchev–Trinajstić information content (AvgIpc) is 3.09. The summed E-state index contributed by atoms with van der Waals surface area (Å²) < 4.78 is 21.7. The highest BCUT2D eigenvalue weighted by Gasteiger charge is 2.19. The van der Waals surface area contributed by atoms with Gasteiger partial charge in [-0.3, -0.25) is 9.56 Å². The van der Waals surface area contributed by atoms with Gasteiger partial charge in [-0.25, -0.2) is 19.3 Å². The number of anilines is 1. The Morgan fingerprint density at radius 1 is 1.17 bits per heavy atom. The van der Waals surface area contributed by atoms with E-state index in [4.69, 9.17) is 4.74 Å². The topological polar surface area (TPSA) is 68.4 Å². The van der Waals surface area contributed by atoms with Crippen LogP contribution in [0.2, 0.25) is 0 Å². The molecule has 0 atom stereocenters. The van der Waals surface area contributed by atoms with Crippen molar-refractivity contribution in [3.63, 3.8) is 0 Å². The number of imidazole rings is 1. The van der Waals surface area contributed by atoms with Crippen LogP contribution in [0.25, 0.3) is 23.2 Å². The lowest BCUT2D eigenvalue weighted by Gasteiger charge is -2.26. The van der Waals surface area contributed by atoms with Gasteiger partial charge in [-0.15, -0.1) is 0 Å². The lowest BCUT2D eigenvalue weighted by molar-refractivity contribution is 0.122. The smallest absolute Gasteiger partial charge is 0.225 e. The molecule has 7 nitrogen and oxygen atoms in total. The van der Waals surface area contributed by atoms with Gasteiger partial charge in [0.1, 0.15) is 11.6 Å². The summed E-state index contributed by atoms with van der Waals surface area (Å²) >= 11 is 0. The maximum atomic E-state index is 14.6. The third kappa shape index (κ3) is 3.79. The molecule has 0 bridgehead atoms. The molecule has 3 heterocycles. The molecule has 0 radical (unpaired) electrons. The van der Waals surface area contributed by atoms with Crippen molar-refractivity contribution in [1.82, 2.24) is 19.5 Å². The molecule has 1 aromatic carbocycles. The minimum Gasteiger partial charge on any atom is -0.378 e. The van der Waals surface area contributed by atoms with Crippen molar-refractivity contribution in [3.05, 3.63) is 60.1 Å². The molecule has 1 aliphatic heterocycles. The number of aromatic nitrogens is 4. The van der Waals surface area contributed by atoms with Crippen LogP contribution in [0.1, 0.15) is 11.4 Å². The van der Waals surface area contributed by atoms with Crippen molar-refractivity contribution in [3.8, 4) is 17.1 Å². The first-order valence-electron chi connectivity index (χ1n) is 9.31. The molecule has 0 unspecified atom stereocenters. The summed E-state index contributed by atoms with van der Waals surface area (Å²) in [6.07, 6.45) is 6.74. The molecular weight excluding hydrogens is 371 g/mol. The molecule has 1 saturated heterocycles. The maximum absolute atomic E-state index is 14.6. The van der Waals surface area contributed by atoms with Gasteiger partial charge in [0.2, 0.25) is 5.95 Å². The van der Waals surface area contributed by atoms with E-state index in [-0.39, 0.29) is 5.82 Å². The Morgan fingerprint density at radius 3 is 2.59 bits per heavy atom. The van der Waals surface area contributed by atoms with Gasteiger partial charge >= 0.3 is 0 Å². The highest BCUT2D eigenvalue weighted by atomic mass is 19.1. The standard InChI is InChI=1S/C21H21FN6O/c1-15-18(7-8-23-2)26-20(28(15)19-6-4-3-5-17(19)22)16-13-24-21(25-14-16)27-9-11-29-12-10-27/h3-8,13-14H,2,9-12H2,1H3/b8-7-. The molecule has 29 heavy (non-hydrogen) atoms. The quantitative estimate of drug-likeness (QED) is 0.624. The molecule has 0 saturated carbocycles. The second-order valence-electron chi connectivity index (χ2n) is 6.56. The highest BCUT2D eigenvalue weighted by Crippen LogP contribution is 2.28. The molecule has 0 amide bonds. The minimum absolute atomic E-state index is 0.336. The first-order valence-corrected chi connectivity index (χ1v) is 9.31.